The molecule has 0 spiro atoms. The predicted molar refractivity (Wildman–Crippen MR) is 68.1 cm³/mol. The molecule has 0 saturated carbocycles. The highest BCUT2D eigenvalue weighted by molar-refractivity contribution is 7.98. The van der Waals surface area contributed by atoms with Crippen molar-refractivity contribution in [3.05, 3.63) is 29.8 Å². The molecule has 0 radical (unpaired) electrons. The third-order valence-corrected chi connectivity index (χ3v) is 2.83. The van der Waals surface area contributed by atoms with Crippen LogP contribution in [0, 0.1) is 0 Å². The van der Waals surface area contributed by atoms with E-state index in [1.54, 1.807) is 11.8 Å². The van der Waals surface area contributed by atoms with Gasteiger partial charge in [-0.3, -0.25) is 4.79 Å². The number of hydrogen-bond donors (Lipinski definition) is 0. The average molecular weight is 223 g/mol. The van der Waals surface area contributed by atoms with Crippen molar-refractivity contribution in [2.45, 2.75) is 6.42 Å². The number of Topliss-reactive ketones (excluding diaryl/α,β-unsaturated/α-hetero) is 1. The summed E-state index contributed by atoms with van der Waals surface area (Å²) >= 11 is 1.70. The molecule has 1 aromatic rings. The average Bonchev–Trinajstić information content (AvgIpc) is 2.25. The van der Waals surface area contributed by atoms with Crippen molar-refractivity contribution in [2.24, 2.45) is 0 Å². The molecule has 0 bridgehead atoms. The van der Waals surface area contributed by atoms with E-state index in [1.165, 1.54) is 0 Å². The van der Waals surface area contributed by atoms with Gasteiger partial charge in [-0.2, -0.15) is 11.8 Å². The summed E-state index contributed by atoms with van der Waals surface area (Å²) in [6, 6.07) is 7.75. The van der Waals surface area contributed by atoms with Gasteiger partial charge in [0, 0.05) is 37.5 Å². The normalized spacial score (nSPS) is 10.1. The highest BCUT2D eigenvalue weighted by atomic mass is 32.2. The standard InChI is InChI=1S/C12H17NOS/c1-13(2)11-7-5-4-6-10(11)12(14)8-9-15-3/h4-7H,8-9H2,1-3H3. The van der Waals surface area contributed by atoms with Gasteiger partial charge in [-0.15, -0.1) is 0 Å². The Hall–Kier alpha value is -0.960. The number of rotatable bonds is 5. The van der Waals surface area contributed by atoms with Crippen molar-refractivity contribution in [3.63, 3.8) is 0 Å². The fourth-order valence-electron chi connectivity index (χ4n) is 1.43. The first-order valence-electron chi connectivity index (χ1n) is 4.95. The monoisotopic (exact) mass is 223 g/mol. The third-order valence-electron chi connectivity index (χ3n) is 2.22. The van der Waals surface area contributed by atoms with Crippen molar-refractivity contribution in [2.75, 3.05) is 31.0 Å². The van der Waals surface area contributed by atoms with Crippen LogP contribution < -0.4 is 4.90 Å². The third kappa shape index (κ3) is 3.27. The highest BCUT2D eigenvalue weighted by Crippen LogP contribution is 2.19. The second kappa shape index (κ2) is 5.81. The first kappa shape index (κ1) is 12.1. The molecule has 1 aromatic carbocycles. The van der Waals surface area contributed by atoms with Crippen LogP contribution >= 0.6 is 11.8 Å². The van der Waals surface area contributed by atoms with E-state index in [-0.39, 0.29) is 5.78 Å². The SMILES string of the molecule is CSCCC(=O)c1ccccc1N(C)C. The van der Waals surface area contributed by atoms with Crippen LogP contribution in [0.15, 0.2) is 24.3 Å². The lowest BCUT2D eigenvalue weighted by Gasteiger charge is -2.16. The maximum atomic E-state index is 11.9. The molecule has 0 aromatic heterocycles. The minimum atomic E-state index is 0.230. The lowest BCUT2D eigenvalue weighted by molar-refractivity contribution is 0.0990. The summed E-state index contributed by atoms with van der Waals surface area (Å²) in [5.41, 5.74) is 1.83. The fraction of sp³-hybridized carbons (Fsp3) is 0.417. The van der Waals surface area contributed by atoms with Crippen LogP contribution in [0.5, 0.6) is 0 Å². The molecule has 0 saturated heterocycles. The summed E-state index contributed by atoms with van der Waals surface area (Å²) in [4.78, 5) is 13.9. The first-order valence-corrected chi connectivity index (χ1v) is 6.34. The van der Waals surface area contributed by atoms with Crippen molar-refractivity contribution in [1.29, 1.82) is 0 Å². The van der Waals surface area contributed by atoms with E-state index < -0.39 is 0 Å². The zero-order valence-electron chi connectivity index (χ0n) is 9.49. The van der Waals surface area contributed by atoms with E-state index in [2.05, 4.69) is 0 Å². The maximum absolute atomic E-state index is 11.9. The molecular formula is C12H17NOS. The van der Waals surface area contributed by atoms with E-state index in [0.29, 0.717) is 6.42 Å². The molecule has 0 aliphatic heterocycles. The predicted octanol–water partition coefficient (Wildman–Crippen LogP) is 2.69. The molecule has 82 valence electrons. The molecule has 0 amide bonds. The number of benzene rings is 1. The molecule has 0 atom stereocenters. The lowest BCUT2D eigenvalue weighted by Crippen LogP contribution is -2.14. The first-order chi connectivity index (χ1) is 7.16. The molecule has 0 aliphatic rings. The van der Waals surface area contributed by atoms with Crippen molar-refractivity contribution in [1.82, 2.24) is 0 Å². The second-order valence-corrected chi connectivity index (χ2v) is 4.56. The summed E-state index contributed by atoms with van der Waals surface area (Å²) in [5.74, 6) is 1.12. The maximum Gasteiger partial charge on any atom is 0.165 e. The zero-order valence-corrected chi connectivity index (χ0v) is 10.3. The van der Waals surface area contributed by atoms with Crippen LogP contribution in [0.3, 0.4) is 0 Å². The smallest absolute Gasteiger partial charge is 0.165 e. The number of ketones is 1. The van der Waals surface area contributed by atoms with Gasteiger partial charge in [-0.05, 0) is 18.4 Å². The minimum Gasteiger partial charge on any atom is -0.377 e. The Morgan fingerprint density at radius 1 is 1.33 bits per heavy atom. The molecule has 3 heteroatoms. The van der Waals surface area contributed by atoms with E-state index in [1.807, 2.05) is 49.5 Å². The van der Waals surface area contributed by atoms with Crippen LogP contribution in [-0.2, 0) is 0 Å². The Balaban J connectivity index is 2.87. The molecule has 0 N–H and O–H groups in total. The molecule has 15 heavy (non-hydrogen) atoms. The fourth-order valence-corrected chi connectivity index (χ4v) is 1.82. The number of anilines is 1. The van der Waals surface area contributed by atoms with Gasteiger partial charge in [0.15, 0.2) is 5.78 Å². The molecular weight excluding hydrogens is 206 g/mol. The number of nitrogens with zero attached hydrogens (tertiary/aromatic N) is 1. The van der Waals surface area contributed by atoms with Gasteiger partial charge in [-0.1, -0.05) is 12.1 Å². The summed E-state index contributed by atoms with van der Waals surface area (Å²) < 4.78 is 0. The molecule has 0 heterocycles. The summed E-state index contributed by atoms with van der Waals surface area (Å²) in [6.45, 7) is 0. The van der Waals surface area contributed by atoms with Crippen LogP contribution in [0.1, 0.15) is 16.8 Å². The Labute approximate surface area is 95.7 Å². The van der Waals surface area contributed by atoms with Gasteiger partial charge < -0.3 is 4.90 Å². The second-order valence-electron chi connectivity index (χ2n) is 3.58. The Morgan fingerprint density at radius 3 is 2.60 bits per heavy atom. The van der Waals surface area contributed by atoms with Gasteiger partial charge in [0.2, 0.25) is 0 Å². The Morgan fingerprint density at radius 2 is 2.00 bits per heavy atom. The molecule has 0 aliphatic carbocycles. The quantitative estimate of drug-likeness (QED) is 0.716. The minimum absolute atomic E-state index is 0.230. The summed E-state index contributed by atoms with van der Waals surface area (Å²) in [5, 5.41) is 0. The largest absolute Gasteiger partial charge is 0.377 e. The summed E-state index contributed by atoms with van der Waals surface area (Å²) in [6.07, 6.45) is 2.64. The Kier molecular flexibility index (Phi) is 4.69. The Bertz CT molecular complexity index is 336. The highest BCUT2D eigenvalue weighted by Gasteiger charge is 2.11. The molecule has 0 unspecified atom stereocenters. The van der Waals surface area contributed by atoms with E-state index in [0.717, 1.165) is 17.0 Å². The van der Waals surface area contributed by atoms with Crippen LogP contribution in [0.25, 0.3) is 0 Å². The number of para-hydroxylation sites is 1. The van der Waals surface area contributed by atoms with Gasteiger partial charge >= 0.3 is 0 Å². The number of thioether (sulfide) groups is 1. The van der Waals surface area contributed by atoms with Crippen molar-refractivity contribution < 1.29 is 4.79 Å². The van der Waals surface area contributed by atoms with Crippen LogP contribution in [0.2, 0.25) is 0 Å². The topological polar surface area (TPSA) is 20.3 Å². The van der Waals surface area contributed by atoms with E-state index in [4.69, 9.17) is 0 Å². The molecule has 1 rings (SSSR count). The number of carbonyl (C=O) groups is 1. The van der Waals surface area contributed by atoms with Crippen molar-refractivity contribution in [3.8, 4) is 0 Å². The van der Waals surface area contributed by atoms with Crippen LogP contribution in [-0.4, -0.2) is 31.9 Å². The molecule has 2 nitrogen and oxygen atoms in total. The zero-order chi connectivity index (χ0) is 11.3. The van der Waals surface area contributed by atoms with Gasteiger partial charge in [0.25, 0.3) is 0 Å². The van der Waals surface area contributed by atoms with Crippen molar-refractivity contribution >= 4 is 23.2 Å². The molecule has 0 fully saturated rings. The van der Waals surface area contributed by atoms with Gasteiger partial charge in [0.05, 0.1) is 0 Å². The summed E-state index contributed by atoms with van der Waals surface area (Å²) in [7, 11) is 3.92. The van der Waals surface area contributed by atoms with E-state index in [9.17, 15) is 4.79 Å². The number of carbonyl (C=O) groups excluding carboxylic acids is 1. The van der Waals surface area contributed by atoms with E-state index >= 15 is 0 Å². The van der Waals surface area contributed by atoms with Crippen LogP contribution in [0.4, 0.5) is 5.69 Å². The number of hydrogen-bond acceptors (Lipinski definition) is 3. The van der Waals surface area contributed by atoms with Gasteiger partial charge in [-0.25, -0.2) is 0 Å². The lowest BCUT2D eigenvalue weighted by atomic mass is 10.1. The van der Waals surface area contributed by atoms with Gasteiger partial charge in [0.1, 0.15) is 0 Å².